The van der Waals surface area contributed by atoms with Crippen molar-refractivity contribution in [2.75, 3.05) is 12.4 Å². The highest BCUT2D eigenvalue weighted by molar-refractivity contribution is 8.14. The lowest BCUT2D eigenvalue weighted by Crippen LogP contribution is -2.31. The first-order chi connectivity index (χ1) is 11.8. The number of aliphatic carboxylic acids is 1. The lowest BCUT2D eigenvalue weighted by molar-refractivity contribution is -0.139. The van der Waals surface area contributed by atoms with E-state index in [0.717, 1.165) is 11.8 Å². The summed E-state index contributed by atoms with van der Waals surface area (Å²) in [6, 6.07) is 4.34. The van der Waals surface area contributed by atoms with Gasteiger partial charge in [0, 0.05) is 11.3 Å². The predicted octanol–water partition coefficient (Wildman–Crippen LogP) is 3.65. The van der Waals surface area contributed by atoms with Gasteiger partial charge in [0.2, 0.25) is 0 Å². The number of hydrogen-bond acceptors (Lipinski definition) is 6. The molecule has 0 unspecified atom stereocenters. The van der Waals surface area contributed by atoms with Gasteiger partial charge in [0.05, 0.1) is 28.0 Å². The summed E-state index contributed by atoms with van der Waals surface area (Å²) in [4.78, 5) is 27.7. The first-order valence-corrected chi connectivity index (χ1v) is 9.10. The molecule has 6 nitrogen and oxygen atoms in total. The molecule has 0 amide bonds. The van der Waals surface area contributed by atoms with Crippen LogP contribution in [0.4, 0.5) is 0 Å². The van der Waals surface area contributed by atoms with E-state index < -0.39 is 18.0 Å². The van der Waals surface area contributed by atoms with Crippen molar-refractivity contribution in [2.45, 2.75) is 19.9 Å². The molecule has 0 saturated carbocycles. The van der Waals surface area contributed by atoms with E-state index in [1.165, 1.54) is 0 Å². The van der Waals surface area contributed by atoms with Crippen LogP contribution in [0.1, 0.15) is 25.5 Å². The summed E-state index contributed by atoms with van der Waals surface area (Å²) in [7, 11) is 0. The van der Waals surface area contributed by atoms with E-state index in [1.54, 1.807) is 32.0 Å². The molecular weight excluding hydrogens is 387 g/mol. The molecule has 1 aromatic carbocycles. The van der Waals surface area contributed by atoms with Crippen molar-refractivity contribution in [2.24, 2.45) is 4.99 Å². The third kappa shape index (κ3) is 4.68. The number of hydrogen-bond donors (Lipinski definition) is 2. The van der Waals surface area contributed by atoms with Crippen molar-refractivity contribution in [3.63, 3.8) is 0 Å². The predicted molar refractivity (Wildman–Crippen MR) is 99.2 cm³/mol. The van der Waals surface area contributed by atoms with Gasteiger partial charge in [0.15, 0.2) is 5.17 Å². The number of nitrogens with zero attached hydrogens (tertiary/aromatic N) is 1. The van der Waals surface area contributed by atoms with E-state index in [0.29, 0.717) is 27.0 Å². The third-order valence-electron chi connectivity index (χ3n) is 3.32. The van der Waals surface area contributed by atoms with Crippen molar-refractivity contribution in [3.8, 4) is 0 Å². The van der Waals surface area contributed by atoms with Gasteiger partial charge in [0.25, 0.3) is 0 Å². The van der Waals surface area contributed by atoms with Crippen LogP contribution in [0.25, 0.3) is 0 Å². The van der Waals surface area contributed by atoms with E-state index >= 15 is 0 Å². The number of halogens is 2. The first kappa shape index (κ1) is 19.6. The summed E-state index contributed by atoms with van der Waals surface area (Å²) >= 11 is 13.4. The number of carboxylic acids is 1. The van der Waals surface area contributed by atoms with E-state index in [4.69, 9.17) is 33.0 Å². The van der Waals surface area contributed by atoms with Crippen molar-refractivity contribution in [1.29, 1.82) is 0 Å². The van der Waals surface area contributed by atoms with Gasteiger partial charge < -0.3 is 15.2 Å². The number of benzene rings is 1. The zero-order valence-electron chi connectivity index (χ0n) is 13.5. The maximum absolute atomic E-state index is 12.4. The van der Waals surface area contributed by atoms with Crippen LogP contribution >= 0.6 is 35.0 Å². The maximum Gasteiger partial charge on any atom is 0.338 e. The van der Waals surface area contributed by atoms with Crippen molar-refractivity contribution >= 4 is 52.1 Å². The van der Waals surface area contributed by atoms with Crippen LogP contribution in [0.2, 0.25) is 10.0 Å². The fraction of sp³-hybridized carbons (Fsp3) is 0.312. The van der Waals surface area contributed by atoms with Crippen molar-refractivity contribution in [1.82, 2.24) is 5.32 Å². The van der Waals surface area contributed by atoms with Gasteiger partial charge in [-0.05, 0) is 19.9 Å². The number of nitrogens with one attached hydrogen (secondary N) is 1. The average Bonchev–Trinajstić information content (AvgIpc) is 2.55. The highest BCUT2D eigenvalue weighted by Crippen LogP contribution is 2.38. The number of esters is 1. The lowest BCUT2D eigenvalue weighted by Gasteiger charge is -2.26. The first-order valence-electron chi connectivity index (χ1n) is 7.36. The smallest absolute Gasteiger partial charge is 0.338 e. The number of carbonyl (C=O) groups excluding carboxylic acids is 1. The molecule has 0 aromatic heterocycles. The molecule has 9 heteroatoms. The number of carboxylic acid groups (broad SMARTS) is 1. The number of aliphatic imine (C=N–C) groups is 1. The Morgan fingerprint density at radius 2 is 2.12 bits per heavy atom. The van der Waals surface area contributed by atoms with E-state index in [2.05, 4.69) is 10.3 Å². The molecule has 25 heavy (non-hydrogen) atoms. The van der Waals surface area contributed by atoms with Gasteiger partial charge in [-0.1, -0.05) is 47.1 Å². The Balaban J connectivity index is 2.48. The van der Waals surface area contributed by atoms with Crippen LogP contribution in [0.5, 0.6) is 0 Å². The van der Waals surface area contributed by atoms with Gasteiger partial charge >= 0.3 is 11.9 Å². The molecule has 1 aliphatic heterocycles. The Hall–Kier alpha value is -1.70. The molecule has 1 heterocycles. The monoisotopic (exact) mass is 402 g/mol. The minimum Gasteiger partial charge on any atom is -0.481 e. The minimum atomic E-state index is -0.968. The van der Waals surface area contributed by atoms with Crippen molar-refractivity contribution < 1.29 is 19.4 Å². The number of thioether (sulfide) groups is 1. The van der Waals surface area contributed by atoms with E-state index in [1.807, 2.05) is 0 Å². The molecule has 1 aromatic rings. The molecule has 0 bridgehead atoms. The summed E-state index contributed by atoms with van der Waals surface area (Å²) in [5.74, 6) is -1.65. The van der Waals surface area contributed by atoms with E-state index in [-0.39, 0.29) is 17.4 Å². The molecule has 0 fully saturated rings. The third-order valence-corrected chi connectivity index (χ3v) is 5.03. The SMILES string of the molecule is CCOC(=O)C1=C(C)NC(SCC(=O)O)=N[C@@H]1c1cccc(Cl)c1Cl. The number of amidine groups is 1. The summed E-state index contributed by atoms with van der Waals surface area (Å²) < 4.78 is 5.12. The molecule has 0 aliphatic carbocycles. The normalized spacial score (nSPS) is 17.0. The van der Waals surface area contributed by atoms with E-state index in [9.17, 15) is 9.59 Å². The number of allylic oxidation sites excluding steroid dienone is 1. The molecule has 0 spiro atoms. The van der Waals surface area contributed by atoms with Crippen LogP contribution in [-0.4, -0.2) is 34.6 Å². The number of carbonyl (C=O) groups is 2. The fourth-order valence-corrected chi connectivity index (χ4v) is 3.36. The standard InChI is InChI=1S/C16H16Cl2N2O4S/c1-3-24-15(23)12-8(2)19-16(25-7-11(21)22)20-14(12)9-5-4-6-10(17)13(9)18/h4-6,14H,3,7H2,1-2H3,(H,19,20)(H,21,22)/t14-/m1/s1. The second kappa shape index (κ2) is 8.60. The second-order valence-electron chi connectivity index (χ2n) is 5.05. The molecule has 0 radical (unpaired) electrons. The Morgan fingerprint density at radius 1 is 1.40 bits per heavy atom. The molecule has 1 atom stereocenters. The number of rotatable bonds is 5. The summed E-state index contributed by atoms with van der Waals surface area (Å²) in [6.45, 7) is 3.63. The van der Waals surface area contributed by atoms with Crippen LogP contribution in [0.15, 0.2) is 34.5 Å². The molecule has 2 N–H and O–H groups in total. The average molecular weight is 403 g/mol. The second-order valence-corrected chi connectivity index (χ2v) is 6.80. The number of ether oxygens (including phenoxy) is 1. The highest BCUT2D eigenvalue weighted by Gasteiger charge is 2.32. The van der Waals surface area contributed by atoms with Gasteiger partial charge in [-0.3, -0.25) is 4.79 Å². The maximum atomic E-state index is 12.4. The zero-order valence-corrected chi connectivity index (χ0v) is 15.8. The summed E-state index contributed by atoms with van der Waals surface area (Å²) in [6.07, 6.45) is 0. The Bertz CT molecular complexity index is 765. The Labute approximate surface area is 159 Å². The highest BCUT2D eigenvalue weighted by atomic mass is 35.5. The lowest BCUT2D eigenvalue weighted by atomic mass is 9.96. The Morgan fingerprint density at radius 3 is 2.76 bits per heavy atom. The zero-order chi connectivity index (χ0) is 18.6. The Kier molecular flexibility index (Phi) is 6.75. The summed E-state index contributed by atoms with van der Waals surface area (Å²) in [5, 5.41) is 12.8. The molecule has 1 aliphatic rings. The summed E-state index contributed by atoms with van der Waals surface area (Å²) in [5.41, 5.74) is 1.39. The van der Waals surface area contributed by atoms with Gasteiger partial charge in [-0.25, -0.2) is 9.79 Å². The molecule has 0 saturated heterocycles. The topological polar surface area (TPSA) is 88.0 Å². The van der Waals surface area contributed by atoms with Gasteiger partial charge in [-0.15, -0.1) is 0 Å². The van der Waals surface area contributed by atoms with Gasteiger partial charge in [0.1, 0.15) is 6.04 Å². The van der Waals surface area contributed by atoms with Gasteiger partial charge in [-0.2, -0.15) is 0 Å². The van der Waals surface area contributed by atoms with Crippen LogP contribution in [-0.2, 0) is 14.3 Å². The molecule has 134 valence electrons. The largest absolute Gasteiger partial charge is 0.481 e. The minimum absolute atomic E-state index is 0.163. The quantitative estimate of drug-likeness (QED) is 0.730. The molecular formula is C16H16Cl2N2O4S. The van der Waals surface area contributed by atoms with Crippen molar-refractivity contribution in [3.05, 3.63) is 45.1 Å². The van der Waals surface area contributed by atoms with Crippen LogP contribution < -0.4 is 5.32 Å². The molecule has 2 rings (SSSR count). The van der Waals surface area contributed by atoms with Crippen LogP contribution in [0, 0.1) is 0 Å². The van der Waals surface area contributed by atoms with Crippen LogP contribution in [0.3, 0.4) is 0 Å². The fourth-order valence-electron chi connectivity index (χ4n) is 2.28.